The van der Waals surface area contributed by atoms with Gasteiger partial charge in [0.15, 0.2) is 9.04 Å². The third kappa shape index (κ3) is 4.40. The zero-order valence-corrected chi connectivity index (χ0v) is 19.5. The van der Waals surface area contributed by atoms with E-state index in [0.29, 0.717) is 0 Å². The van der Waals surface area contributed by atoms with Crippen LogP contribution in [0, 0.1) is 5.41 Å². The van der Waals surface area contributed by atoms with Crippen molar-refractivity contribution in [1.29, 1.82) is 0 Å². The molecule has 1 heterocycles. The number of thiophene rings is 1. The number of hydrogen-bond donors (Lipinski definition) is 0. The van der Waals surface area contributed by atoms with E-state index in [1.807, 2.05) is 11.8 Å². The zero-order chi connectivity index (χ0) is 19.5. The molecule has 1 aromatic heterocycles. The van der Waals surface area contributed by atoms with Gasteiger partial charge in [0, 0.05) is 4.90 Å². The summed E-state index contributed by atoms with van der Waals surface area (Å²) in [7, 11) is -1.30. The summed E-state index contributed by atoms with van der Waals surface area (Å²) in [6.45, 7) is 11.4. The minimum absolute atomic E-state index is 0.0754. The van der Waals surface area contributed by atoms with Gasteiger partial charge in [-0.1, -0.05) is 81.1 Å². The lowest BCUT2D eigenvalue weighted by Gasteiger charge is -2.47. The Morgan fingerprint density at radius 3 is 1.96 bits per heavy atom. The van der Waals surface area contributed by atoms with Crippen LogP contribution >= 0.6 is 23.1 Å². The Kier molecular flexibility index (Phi) is 6.31. The lowest BCUT2D eigenvalue weighted by Crippen LogP contribution is -2.46. The Hall–Kier alpha value is -1.33. The Bertz CT molecular complexity index is 836. The quantitative estimate of drug-likeness (QED) is 0.396. The van der Waals surface area contributed by atoms with E-state index in [1.54, 1.807) is 11.3 Å². The summed E-state index contributed by atoms with van der Waals surface area (Å²) in [5.41, 5.74) is 1.95. The third-order valence-electron chi connectivity index (χ3n) is 4.62. The normalized spacial score (nSPS) is 14.3. The second-order valence-corrected chi connectivity index (χ2v) is 12.7. The van der Waals surface area contributed by atoms with Crippen LogP contribution in [0.5, 0.6) is 0 Å². The van der Waals surface area contributed by atoms with Gasteiger partial charge in [-0.15, -0.1) is 11.3 Å². The number of benzene rings is 2. The van der Waals surface area contributed by atoms with Crippen molar-refractivity contribution in [2.24, 2.45) is 5.41 Å². The van der Waals surface area contributed by atoms with Gasteiger partial charge in [-0.2, -0.15) is 0 Å². The van der Waals surface area contributed by atoms with E-state index in [-0.39, 0.29) is 5.41 Å². The molecular weight excluding hydrogens is 384 g/mol. The van der Waals surface area contributed by atoms with Gasteiger partial charge in [-0.25, -0.2) is 0 Å². The SMILES string of the molecule is C[SiH](C)OC(c1ccccc1)(c1ccc(Sc2cccs2)cc1)C(C)(C)C. The molecule has 0 aliphatic heterocycles. The average molecular weight is 413 g/mol. The van der Waals surface area contributed by atoms with E-state index in [0.717, 1.165) is 0 Å². The summed E-state index contributed by atoms with van der Waals surface area (Å²) in [5.74, 6) is 0. The fourth-order valence-corrected chi connectivity index (χ4v) is 6.65. The summed E-state index contributed by atoms with van der Waals surface area (Å²) in [4.78, 5) is 1.26. The van der Waals surface area contributed by atoms with Gasteiger partial charge >= 0.3 is 0 Å². The van der Waals surface area contributed by atoms with Crippen LogP contribution < -0.4 is 0 Å². The molecule has 27 heavy (non-hydrogen) atoms. The molecule has 0 spiro atoms. The van der Waals surface area contributed by atoms with E-state index in [2.05, 4.69) is 106 Å². The molecule has 2 aromatic carbocycles. The molecule has 1 unspecified atom stereocenters. The van der Waals surface area contributed by atoms with Crippen LogP contribution in [0.1, 0.15) is 31.9 Å². The summed E-state index contributed by atoms with van der Waals surface area (Å²) in [5, 5.41) is 2.12. The molecule has 0 aliphatic carbocycles. The fraction of sp³-hybridized carbons (Fsp3) is 0.304. The van der Waals surface area contributed by atoms with Crippen LogP contribution in [-0.4, -0.2) is 9.04 Å². The van der Waals surface area contributed by atoms with Gasteiger partial charge in [0.1, 0.15) is 5.60 Å². The second kappa shape index (κ2) is 8.35. The topological polar surface area (TPSA) is 9.23 Å². The Morgan fingerprint density at radius 1 is 0.815 bits per heavy atom. The van der Waals surface area contributed by atoms with E-state index in [9.17, 15) is 0 Å². The van der Waals surface area contributed by atoms with Crippen LogP contribution in [0.2, 0.25) is 13.1 Å². The Labute approximate surface area is 173 Å². The highest BCUT2D eigenvalue weighted by Gasteiger charge is 2.46. The lowest BCUT2D eigenvalue weighted by atomic mass is 9.68. The van der Waals surface area contributed by atoms with E-state index >= 15 is 0 Å². The molecule has 0 radical (unpaired) electrons. The molecule has 0 saturated carbocycles. The highest BCUT2D eigenvalue weighted by atomic mass is 32.2. The van der Waals surface area contributed by atoms with Crippen molar-refractivity contribution in [3.63, 3.8) is 0 Å². The minimum Gasteiger partial charge on any atom is -0.406 e. The summed E-state index contributed by atoms with van der Waals surface area (Å²) < 4.78 is 8.17. The first-order chi connectivity index (χ1) is 12.8. The molecule has 4 heteroatoms. The summed E-state index contributed by atoms with van der Waals surface area (Å²) in [6.07, 6.45) is 0. The number of hydrogen-bond acceptors (Lipinski definition) is 3. The van der Waals surface area contributed by atoms with Gasteiger partial charge in [-0.3, -0.25) is 0 Å². The van der Waals surface area contributed by atoms with Crippen LogP contribution in [0.3, 0.4) is 0 Å². The maximum atomic E-state index is 6.85. The Balaban J connectivity index is 2.07. The highest BCUT2D eigenvalue weighted by molar-refractivity contribution is 8.01. The second-order valence-electron chi connectivity index (χ2n) is 8.02. The van der Waals surface area contributed by atoms with Gasteiger partial charge in [0.25, 0.3) is 0 Å². The molecule has 0 fully saturated rings. The molecule has 1 atom stereocenters. The molecule has 1 nitrogen and oxygen atoms in total. The predicted octanol–water partition coefficient (Wildman–Crippen LogP) is 7.19. The first-order valence-electron chi connectivity index (χ1n) is 9.38. The van der Waals surface area contributed by atoms with Crippen molar-refractivity contribution in [2.45, 2.75) is 48.6 Å². The molecule has 3 rings (SSSR count). The van der Waals surface area contributed by atoms with Crippen molar-refractivity contribution in [2.75, 3.05) is 0 Å². The standard InChI is InChI=1S/C23H28OS2Si/c1-22(2,3)23(24-27(4)5,18-10-7-6-8-11-18)19-13-15-20(16-14-19)26-21-12-9-17-25-21/h6-17,27H,1-5H3. The highest BCUT2D eigenvalue weighted by Crippen LogP contribution is 2.48. The Morgan fingerprint density at radius 2 is 1.44 bits per heavy atom. The van der Waals surface area contributed by atoms with E-state index < -0.39 is 14.6 Å². The summed E-state index contributed by atoms with van der Waals surface area (Å²) >= 11 is 3.60. The molecule has 0 N–H and O–H groups in total. The van der Waals surface area contributed by atoms with Crippen molar-refractivity contribution < 1.29 is 4.43 Å². The molecule has 0 bridgehead atoms. The van der Waals surface area contributed by atoms with Crippen LogP contribution in [-0.2, 0) is 10.0 Å². The molecule has 142 valence electrons. The van der Waals surface area contributed by atoms with Crippen molar-refractivity contribution >= 4 is 32.1 Å². The third-order valence-corrected chi connectivity index (χ3v) is 7.49. The van der Waals surface area contributed by atoms with Gasteiger partial charge < -0.3 is 4.43 Å². The van der Waals surface area contributed by atoms with Gasteiger partial charge in [-0.05, 0) is 53.2 Å². The predicted molar refractivity (Wildman–Crippen MR) is 122 cm³/mol. The van der Waals surface area contributed by atoms with Crippen LogP contribution in [0.15, 0.2) is 81.2 Å². The first kappa shape index (κ1) is 20.4. The van der Waals surface area contributed by atoms with E-state index in [4.69, 9.17) is 4.43 Å². The van der Waals surface area contributed by atoms with Gasteiger partial charge in [0.2, 0.25) is 0 Å². The smallest absolute Gasteiger partial charge is 0.172 e. The molecule has 0 saturated heterocycles. The lowest BCUT2D eigenvalue weighted by molar-refractivity contribution is -0.00237. The largest absolute Gasteiger partial charge is 0.406 e. The van der Waals surface area contributed by atoms with Crippen LogP contribution in [0.25, 0.3) is 0 Å². The maximum absolute atomic E-state index is 6.85. The number of rotatable bonds is 6. The first-order valence-corrected chi connectivity index (χ1v) is 13.9. The van der Waals surface area contributed by atoms with Crippen molar-refractivity contribution in [3.8, 4) is 0 Å². The molecule has 0 amide bonds. The molecule has 0 aliphatic rings. The van der Waals surface area contributed by atoms with Crippen LogP contribution in [0.4, 0.5) is 0 Å². The maximum Gasteiger partial charge on any atom is 0.172 e. The molecule has 3 aromatic rings. The summed E-state index contributed by atoms with van der Waals surface area (Å²) in [6, 6.07) is 23.9. The van der Waals surface area contributed by atoms with Crippen molar-refractivity contribution in [3.05, 3.63) is 83.2 Å². The average Bonchev–Trinajstić information content (AvgIpc) is 3.13. The minimum atomic E-state index is -1.30. The monoisotopic (exact) mass is 412 g/mol. The van der Waals surface area contributed by atoms with Crippen molar-refractivity contribution in [1.82, 2.24) is 0 Å². The molecular formula is C23H28OS2Si. The zero-order valence-electron chi connectivity index (χ0n) is 16.7. The van der Waals surface area contributed by atoms with Gasteiger partial charge in [0.05, 0.1) is 4.21 Å². The van der Waals surface area contributed by atoms with E-state index in [1.165, 1.54) is 20.2 Å². The fourth-order valence-electron chi connectivity index (χ4n) is 3.57.